The first kappa shape index (κ1) is 8.71. The minimum Gasteiger partial charge on any atom is -0.396 e. The fourth-order valence-electron chi connectivity index (χ4n) is 0.721. The highest BCUT2D eigenvalue weighted by Crippen LogP contribution is 1.95. The van der Waals surface area contributed by atoms with Crippen LogP contribution in [-0.2, 0) is 4.84 Å². The number of rotatable bonds is 3. The Morgan fingerprint density at radius 1 is 1.58 bits per heavy atom. The lowest BCUT2D eigenvalue weighted by Crippen LogP contribution is -1.88. The topological polar surface area (TPSA) is 34.5 Å². The van der Waals surface area contributed by atoms with E-state index >= 15 is 0 Å². The molecule has 0 atom stereocenters. The second-order valence-electron chi connectivity index (χ2n) is 2.41. The van der Waals surface area contributed by atoms with E-state index in [0.717, 1.165) is 11.3 Å². The summed E-state index contributed by atoms with van der Waals surface area (Å²) in [6, 6.07) is 3.89. The molecule has 0 bridgehead atoms. The maximum absolute atomic E-state index is 4.80. The van der Waals surface area contributed by atoms with E-state index in [0.29, 0.717) is 6.61 Å². The Bertz CT molecular complexity index is 254. The van der Waals surface area contributed by atoms with E-state index in [1.807, 2.05) is 26.0 Å². The molecule has 3 heteroatoms. The van der Waals surface area contributed by atoms with Gasteiger partial charge in [-0.2, -0.15) is 0 Å². The number of hydrogen-bond acceptors (Lipinski definition) is 3. The smallest absolute Gasteiger partial charge is 0.114 e. The van der Waals surface area contributed by atoms with Crippen molar-refractivity contribution in [3.63, 3.8) is 0 Å². The summed E-state index contributed by atoms with van der Waals surface area (Å²) in [4.78, 5) is 8.92. The molecule has 1 aromatic heterocycles. The van der Waals surface area contributed by atoms with Crippen molar-refractivity contribution in [2.75, 3.05) is 6.61 Å². The lowest BCUT2D eigenvalue weighted by molar-refractivity contribution is 0.160. The molecule has 0 aliphatic heterocycles. The number of aryl methyl sites for hydroxylation is 1. The summed E-state index contributed by atoms with van der Waals surface area (Å²) in [6.07, 6.45) is 3.40. The SMILES string of the molecule is CCON=Cc1ccc(C)cn1. The fraction of sp³-hybridized carbons (Fsp3) is 0.333. The molecule has 0 aliphatic rings. The third kappa shape index (κ3) is 2.70. The number of pyridine rings is 1. The van der Waals surface area contributed by atoms with Crippen LogP contribution in [0.2, 0.25) is 0 Å². The summed E-state index contributed by atoms with van der Waals surface area (Å²) in [7, 11) is 0. The largest absolute Gasteiger partial charge is 0.396 e. The first-order chi connectivity index (χ1) is 5.83. The van der Waals surface area contributed by atoms with Crippen LogP contribution in [0.25, 0.3) is 0 Å². The van der Waals surface area contributed by atoms with Gasteiger partial charge in [-0.3, -0.25) is 4.98 Å². The maximum atomic E-state index is 4.80. The Morgan fingerprint density at radius 3 is 3.00 bits per heavy atom. The molecule has 0 aromatic carbocycles. The van der Waals surface area contributed by atoms with Gasteiger partial charge in [-0.25, -0.2) is 0 Å². The molecule has 0 fully saturated rings. The molecule has 0 radical (unpaired) electrons. The second-order valence-corrected chi connectivity index (χ2v) is 2.41. The number of nitrogens with zero attached hydrogens (tertiary/aromatic N) is 2. The minimum absolute atomic E-state index is 0.586. The highest BCUT2D eigenvalue weighted by molar-refractivity contribution is 5.76. The zero-order valence-corrected chi connectivity index (χ0v) is 7.32. The summed E-state index contributed by atoms with van der Waals surface area (Å²) in [6.45, 7) is 4.47. The molecule has 0 saturated heterocycles. The monoisotopic (exact) mass is 164 g/mol. The van der Waals surface area contributed by atoms with Gasteiger partial charge in [0.05, 0.1) is 11.9 Å². The van der Waals surface area contributed by atoms with Crippen LogP contribution in [0, 0.1) is 6.92 Å². The van der Waals surface area contributed by atoms with Gasteiger partial charge in [0.25, 0.3) is 0 Å². The lowest BCUT2D eigenvalue weighted by atomic mass is 10.3. The van der Waals surface area contributed by atoms with Crippen molar-refractivity contribution in [1.82, 2.24) is 4.98 Å². The van der Waals surface area contributed by atoms with Gasteiger partial charge in [0.1, 0.15) is 6.61 Å². The maximum Gasteiger partial charge on any atom is 0.114 e. The molecule has 64 valence electrons. The molecule has 1 rings (SSSR count). The Hall–Kier alpha value is -1.38. The molecule has 0 amide bonds. The first-order valence-corrected chi connectivity index (χ1v) is 3.91. The molecule has 0 unspecified atom stereocenters. The molecule has 12 heavy (non-hydrogen) atoms. The van der Waals surface area contributed by atoms with Crippen molar-refractivity contribution in [1.29, 1.82) is 0 Å². The van der Waals surface area contributed by atoms with E-state index in [4.69, 9.17) is 4.84 Å². The number of aromatic nitrogens is 1. The van der Waals surface area contributed by atoms with Crippen LogP contribution >= 0.6 is 0 Å². The van der Waals surface area contributed by atoms with E-state index in [1.54, 1.807) is 12.4 Å². The highest BCUT2D eigenvalue weighted by Gasteiger charge is 1.87. The van der Waals surface area contributed by atoms with Crippen LogP contribution in [0.15, 0.2) is 23.5 Å². The molecular weight excluding hydrogens is 152 g/mol. The quantitative estimate of drug-likeness (QED) is 0.504. The van der Waals surface area contributed by atoms with E-state index in [-0.39, 0.29) is 0 Å². The van der Waals surface area contributed by atoms with Gasteiger partial charge in [-0.1, -0.05) is 11.2 Å². The Kier molecular flexibility index (Phi) is 3.26. The van der Waals surface area contributed by atoms with Crippen LogP contribution < -0.4 is 0 Å². The Morgan fingerprint density at radius 2 is 2.42 bits per heavy atom. The van der Waals surface area contributed by atoms with Crippen molar-refractivity contribution >= 4 is 6.21 Å². The zero-order valence-electron chi connectivity index (χ0n) is 7.32. The predicted octanol–water partition coefficient (Wildman–Crippen LogP) is 1.76. The molecule has 0 aliphatic carbocycles. The van der Waals surface area contributed by atoms with Gasteiger partial charge >= 0.3 is 0 Å². The molecule has 1 heterocycles. The van der Waals surface area contributed by atoms with Crippen molar-refractivity contribution in [3.05, 3.63) is 29.6 Å². The summed E-state index contributed by atoms with van der Waals surface area (Å²) in [5, 5.41) is 3.70. The van der Waals surface area contributed by atoms with Crippen molar-refractivity contribution in [3.8, 4) is 0 Å². The van der Waals surface area contributed by atoms with E-state index in [9.17, 15) is 0 Å². The van der Waals surface area contributed by atoms with Crippen molar-refractivity contribution in [2.45, 2.75) is 13.8 Å². The van der Waals surface area contributed by atoms with Gasteiger partial charge in [0.15, 0.2) is 0 Å². The van der Waals surface area contributed by atoms with Crippen LogP contribution in [0.3, 0.4) is 0 Å². The first-order valence-electron chi connectivity index (χ1n) is 3.91. The summed E-state index contributed by atoms with van der Waals surface area (Å²) in [5.74, 6) is 0. The van der Waals surface area contributed by atoms with Crippen molar-refractivity contribution in [2.24, 2.45) is 5.16 Å². The molecule has 1 aromatic rings. The molecule has 0 N–H and O–H groups in total. The average molecular weight is 164 g/mol. The summed E-state index contributed by atoms with van der Waals surface area (Å²) < 4.78 is 0. The minimum atomic E-state index is 0.586. The van der Waals surface area contributed by atoms with Crippen molar-refractivity contribution < 1.29 is 4.84 Å². The number of oxime groups is 1. The third-order valence-corrected chi connectivity index (χ3v) is 1.32. The van der Waals surface area contributed by atoms with E-state index in [2.05, 4.69) is 10.1 Å². The molecule has 3 nitrogen and oxygen atoms in total. The Balaban J connectivity index is 2.58. The van der Waals surface area contributed by atoms with Gasteiger partial charge in [0, 0.05) is 6.20 Å². The van der Waals surface area contributed by atoms with Crippen LogP contribution in [-0.4, -0.2) is 17.8 Å². The Labute approximate surface area is 72.1 Å². The van der Waals surface area contributed by atoms with Gasteiger partial charge in [-0.05, 0) is 25.5 Å². The van der Waals surface area contributed by atoms with Crippen LogP contribution in [0.1, 0.15) is 18.2 Å². The van der Waals surface area contributed by atoms with Crippen LogP contribution in [0.4, 0.5) is 0 Å². The summed E-state index contributed by atoms with van der Waals surface area (Å²) >= 11 is 0. The average Bonchev–Trinajstić information content (AvgIpc) is 2.09. The normalized spacial score (nSPS) is 10.5. The molecule has 0 spiro atoms. The summed E-state index contributed by atoms with van der Waals surface area (Å²) in [5.41, 5.74) is 1.96. The van der Waals surface area contributed by atoms with Gasteiger partial charge < -0.3 is 4.84 Å². The number of hydrogen-bond donors (Lipinski definition) is 0. The fourth-order valence-corrected chi connectivity index (χ4v) is 0.721. The second kappa shape index (κ2) is 4.49. The van der Waals surface area contributed by atoms with Crippen LogP contribution in [0.5, 0.6) is 0 Å². The van der Waals surface area contributed by atoms with Gasteiger partial charge in [-0.15, -0.1) is 0 Å². The third-order valence-electron chi connectivity index (χ3n) is 1.32. The van der Waals surface area contributed by atoms with E-state index < -0.39 is 0 Å². The standard InChI is InChI=1S/C9H12N2O/c1-3-12-11-7-9-5-4-8(2)6-10-9/h4-7H,3H2,1-2H3. The van der Waals surface area contributed by atoms with Gasteiger partial charge in [0.2, 0.25) is 0 Å². The van der Waals surface area contributed by atoms with E-state index in [1.165, 1.54) is 0 Å². The zero-order chi connectivity index (χ0) is 8.81. The highest BCUT2D eigenvalue weighted by atomic mass is 16.6. The predicted molar refractivity (Wildman–Crippen MR) is 48.2 cm³/mol. The molecular formula is C9H12N2O. The lowest BCUT2D eigenvalue weighted by Gasteiger charge is -1.93. The molecule has 0 saturated carbocycles.